The second-order valence-corrected chi connectivity index (χ2v) is 9.94. The van der Waals surface area contributed by atoms with Gasteiger partial charge in [0.2, 0.25) is 0 Å². The molecule has 8 nitrogen and oxygen atoms in total. The number of hydrogen-bond acceptors (Lipinski definition) is 6. The number of anilines is 1. The van der Waals surface area contributed by atoms with E-state index in [4.69, 9.17) is 32.8 Å². The van der Waals surface area contributed by atoms with Crippen LogP contribution < -0.4 is 10.6 Å². The molecule has 210 valence electrons. The van der Waals surface area contributed by atoms with Gasteiger partial charge in [0.05, 0.1) is 22.2 Å². The maximum atomic E-state index is 13.4. The van der Waals surface area contributed by atoms with E-state index in [9.17, 15) is 14.4 Å². The monoisotopic (exact) mass is 583 g/mol. The minimum Gasteiger partial charge on any atom is -0.464 e. The van der Waals surface area contributed by atoms with Crippen molar-refractivity contribution < 1.29 is 24.0 Å². The third kappa shape index (κ3) is 7.61. The Bertz CT molecular complexity index is 1390. The van der Waals surface area contributed by atoms with Crippen LogP contribution in [0.5, 0.6) is 0 Å². The van der Waals surface area contributed by atoms with Gasteiger partial charge in [0, 0.05) is 17.7 Å². The first-order valence-electron chi connectivity index (χ1n) is 12.6. The van der Waals surface area contributed by atoms with Crippen LogP contribution in [0.3, 0.4) is 0 Å². The minimum absolute atomic E-state index is 0.0584. The number of nitrogens with zero attached hydrogens (tertiary/aromatic N) is 1. The summed E-state index contributed by atoms with van der Waals surface area (Å²) in [6.45, 7) is 7.58. The summed E-state index contributed by atoms with van der Waals surface area (Å²) in [4.78, 5) is 43.9. The van der Waals surface area contributed by atoms with Gasteiger partial charge >= 0.3 is 5.97 Å². The van der Waals surface area contributed by atoms with E-state index >= 15 is 0 Å². The average molecular weight is 585 g/mol. The highest BCUT2D eigenvalue weighted by atomic mass is 35.5. The molecule has 0 radical (unpaired) electrons. The molecule has 0 aliphatic heterocycles. The predicted molar refractivity (Wildman–Crippen MR) is 157 cm³/mol. The molecule has 0 heterocycles. The summed E-state index contributed by atoms with van der Waals surface area (Å²) in [5.74, 6) is -1.61. The van der Waals surface area contributed by atoms with E-state index in [1.165, 1.54) is 7.11 Å². The van der Waals surface area contributed by atoms with E-state index in [0.717, 1.165) is 22.3 Å². The van der Waals surface area contributed by atoms with E-state index in [-0.39, 0.29) is 34.3 Å². The van der Waals surface area contributed by atoms with Crippen LogP contribution in [-0.2, 0) is 25.6 Å². The lowest BCUT2D eigenvalue weighted by Gasteiger charge is -2.19. The summed E-state index contributed by atoms with van der Waals surface area (Å²) >= 11 is 12.3. The fourth-order valence-electron chi connectivity index (χ4n) is 4.38. The Labute approximate surface area is 243 Å². The molecule has 0 saturated heterocycles. The smallest absolute Gasteiger partial charge is 0.328 e. The van der Waals surface area contributed by atoms with Gasteiger partial charge in [0.1, 0.15) is 13.2 Å². The molecular weight excluding hydrogens is 553 g/mol. The molecule has 0 aromatic heterocycles. The molecule has 2 amide bonds. The van der Waals surface area contributed by atoms with Crippen molar-refractivity contribution in [3.8, 4) is 0 Å². The zero-order valence-electron chi connectivity index (χ0n) is 22.9. The van der Waals surface area contributed by atoms with Crippen LogP contribution in [0.25, 0.3) is 0 Å². The highest BCUT2D eigenvalue weighted by molar-refractivity contribution is 6.46. The Morgan fingerprint density at radius 2 is 1.52 bits per heavy atom. The predicted octanol–water partition coefficient (Wildman–Crippen LogP) is 5.81. The largest absolute Gasteiger partial charge is 0.464 e. The van der Waals surface area contributed by atoms with Gasteiger partial charge < -0.3 is 20.2 Å². The fourth-order valence-corrected chi connectivity index (χ4v) is 4.95. The molecule has 0 saturated carbocycles. The summed E-state index contributed by atoms with van der Waals surface area (Å²) in [6, 6.07) is 14.6. The van der Waals surface area contributed by atoms with Gasteiger partial charge in [-0.25, -0.2) is 4.79 Å². The van der Waals surface area contributed by atoms with Gasteiger partial charge in [-0.05, 0) is 68.7 Å². The number of nitrogens with one attached hydrogen (secondary N) is 2. The molecular formula is C30H31Cl2N3O5. The van der Waals surface area contributed by atoms with E-state index in [0.29, 0.717) is 11.3 Å². The van der Waals surface area contributed by atoms with E-state index in [1.54, 1.807) is 49.4 Å². The standard InChI is InChI=1S/C30H31Cl2N3O5/c1-6-40-30(38)24(34-29(37)27(35-39-5)25-18(3)14-17(2)15-19(25)4)16-20-10-12-21(13-11-20)33-28(36)26-22(31)8-7-9-23(26)32/h7-15,24H,6,16H2,1-5H3,(H,33,36)(H,34,37)/t24-/m0/s1. The van der Waals surface area contributed by atoms with Crippen molar-refractivity contribution in [2.45, 2.75) is 40.2 Å². The zero-order chi connectivity index (χ0) is 29.4. The van der Waals surface area contributed by atoms with E-state index in [2.05, 4.69) is 15.8 Å². The summed E-state index contributed by atoms with van der Waals surface area (Å²) in [7, 11) is 1.36. The van der Waals surface area contributed by atoms with Gasteiger partial charge in [-0.15, -0.1) is 0 Å². The van der Waals surface area contributed by atoms with E-state index < -0.39 is 23.8 Å². The highest BCUT2D eigenvalue weighted by Crippen LogP contribution is 2.25. The molecule has 2 N–H and O–H groups in total. The Morgan fingerprint density at radius 3 is 2.08 bits per heavy atom. The fraction of sp³-hybridized carbons (Fsp3) is 0.267. The summed E-state index contributed by atoms with van der Waals surface area (Å²) < 4.78 is 5.23. The van der Waals surface area contributed by atoms with Crippen molar-refractivity contribution in [3.05, 3.63) is 98.0 Å². The lowest BCUT2D eigenvalue weighted by molar-refractivity contribution is -0.146. The lowest BCUT2D eigenvalue weighted by atomic mass is 9.95. The number of oxime groups is 1. The normalized spacial score (nSPS) is 11.9. The Morgan fingerprint density at radius 1 is 0.925 bits per heavy atom. The van der Waals surface area contributed by atoms with Crippen molar-refractivity contribution in [2.24, 2.45) is 5.16 Å². The first-order chi connectivity index (χ1) is 19.0. The molecule has 0 aliphatic carbocycles. The average Bonchev–Trinajstić information content (AvgIpc) is 2.88. The van der Waals surface area contributed by atoms with Crippen molar-refractivity contribution in [1.29, 1.82) is 0 Å². The lowest BCUT2D eigenvalue weighted by Crippen LogP contribution is -2.46. The van der Waals surface area contributed by atoms with Crippen LogP contribution in [-0.4, -0.2) is 43.3 Å². The van der Waals surface area contributed by atoms with Crippen LogP contribution in [0.2, 0.25) is 10.0 Å². The molecule has 3 rings (SSSR count). The van der Waals surface area contributed by atoms with Gasteiger partial charge in [-0.3, -0.25) is 9.59 Å². The molecule has 1 atom stereocenters. The summed E-state index contributed by atoms with van der Waals surface area (Å²) in [5.41, 5.74) is 4.84. The number of benzene rings is 3. The summed E-state index contributed by atoms with van der Waals surface area (Å²) in [6.07, 6.45) is 0.140. The summed E-state index contributed by atoms with van der Waals surface area (Å²) in [5, 5.41) is 9.98. The van der Waals surface area contributed by atoms with E-state index in [1.807, 2.05) is 32.9 Å². The zero-order valence-corrected chi connectivity index (χ0v) is 24.4. The Balaban J connectivity index is 1.80. The van der Waals surface area contributed by atoms with Crippen molar-refractivity contribution >= 4 is 52.4 Å². The van der Waals surface area contributed by atoms with Gasteiger partial charge in [-0.2, -0.15) is 0 Å². The SMILES string of the molecule is CCOC(=O)[C@H](Cc1ccc(NC(=O)c2c(Cl)cccc2Cl)cc1)NC(=O)C(=NOC)c1c(C)cc(C)cc1C. The number of carbonyl (C=O) groups excluding carboxylic acids is 3. The van der Waals surface area contributed by atoms with Crippen LogP contribution in [0.4, 0.5) is 5.69 Å². The maximum Gasteiger partial charge on any atom is 0.328 e. The number of carbonyl (C=O) groups is 3. The van der Waals surface area contributed by atoms with Gasteiger partial charge in [-0.1, -0.05) is 64.3 Å². The number of ether oxygens (including phenoxy) is 1. The molecule has 0 bridgehead atoms. The molecule has 3 aromatic carbocycles. The maximum absolute atomic E-state index is 13.4. The molecule has 0 spiro atoms. The number of aryl methyl sites for hydroxylation is 3. The van der Waals surface area contributed by atoms with Crippen molar-refractivity contribution in [3.63, 3.8) is 0 Å². The quantitative estimate of drug-likeness (QED) is 0.178. The second kappa shape index (κ2) is 14.0. The Kier molecular flexibility index (Phi) is 10.7. The van der Waals surface area contributed by atoms with Crippen molar-refractivity contribution in [2.75, 3.05) is 19.0 Å². The molecule has 0 fully saturated rings. The Hall–Kier alpha value is -3.88. The molecule has 0 unspecified atom stereocenters. The molecule has 40 heavy (non-hydrogen) atoms. The first kappa shape index (κ1) is 30.7. The van der Waals surface area contributed by atoms with Crippen LogP contribution in [0, 0.1) is 20.8 Å². The molecule has 10 heteroatoms. The first-order valence-corrected chi connectivity index (χ1v) is 13.3. The number of hydrogen-bond donors (Lipinski definition) is 2. The number of esters is 1. The third-order valence-electron chi connectivity index (χ3n) is 6.03. The number of rotatable bonds is 10. The highest BCUT2D eigenvalue weighted by Gasteiger charge is 2.27. The van der Waals surface area contributed by atoms with Crippen LogP contribution >= 0.6 is 23.2 Å². The second-order valence-electron chi connectivity index (χ2n) is 9.13. The third-order valence-corrected chi connectivity index (χ3v) is 6.66. The van der Waals surface area contributed by atoms with Gasteiger partial charge in [0.25, 0.3) is 11.8 Å². The number of halogens is 2. The van der Waals surface area contributed by atoms with Crippen LogP contribution in [0.1, 0.15) is 45.1 Å². The van der Waals surface area contributed by atoms with Crippen molar-refractivity contribution in [1.82, 2.24) is 5.32 Å². The number of amides is 2. The topological polar surface area (TPSA) is 106 Å². The van der Waals surface area contributed by atoms with Crippen LogP contribution in [0.15, 0.2) is 59.8 Å². The molecule has 3 aromatic rings. The minimum atomic E-state index is -0.997. The van der Waals surface area contributed by atoms with Gasteiger partial charge in [0.15, 0.2) is 5.71 Å². The molecule has 0 aliphatic rings.